The third kappa shape index (κ3) is 5.17. The third-order valence-electron chi connectivity index (χ3n) is 9.03. The smallest absolute Gasteiger partial charge is 0.255 e. The zero-order valence-electron chi connectivity index (χ0n) is 24.4. The molecular weight excluding hydrogens is 546 g/mol. The van der Waals surface area contributed by atoms with E-state index in [4.69, 9.17) is 15.1 Å². The Kier molecular flexibility index (Phi) is 7.15. The number of ether oxygens (including phenoxy) is 1. The lowest BCUT2D eigenvalue weighted by molar-refractivity contribution is 0.0828. The summed E-state index contributed by atoms with van der Waals surface area (Å²) in [7, 11) is 3.79. The average Bonchev–Trinajstić information content (AvgIpc) is 3.67. The fourth-order valence-electron chi connectivity index (χ4n) is 6.57. The summed E-state index contributed by atoms with van der Waals surface area (Å²) in [6, 6.07) is 11.7. The van der Waals surface area contributed by atoms with Crippen molar-refractivity contribution in [1.29, 1.82) is 0 Å². The van der Waals surface area contributed by atoms with Gasteiger partial charge in [-0.2, -0.15) is 0 Å². The molecule has 3 N–H and O–H groups in total. The van der Waals surface area contributed by atoms with Crippen LogP contribution in [0.1, 0.15) is 42.1 Å². The van der Waals surface area contributed by atoms with Crippen LogP contribution in [0.4, 0.5) is 11.5 Å². The van der Waals surface area contributed by atoms with Crippen LogP contribution in [0, 0.1) is 0 Å². The molecule has 1 saturated heterocycles. The second kappa shape index (κ2) is 11.3. The molecular formula is C31H35N9O3. The minimum atomic E-state index is -0.294. The Morgan fingerprint density at radius 2 is 1.74 bits per heavy atom. The van der Waals surface area contributed by atoms with Crippen molar-refractivity contribution >= 4 is 39.5 Å². The third-order valence-corrected chi connectivity index (χ3v) is 9.03. The number of nitrogens with zero attached hydrogens (tertiary/aromatic N) is 7. The minimum absolute atomic E-state index is 0.294. The van der Waals surface area contributed by atoms with E-state index in [2.05, 4.69) is 53.2 Å². The largest absolute Gasteiger partial charge is 0.495 e. The van der Waals surface area contributed by atoms with Crippen molar-refractivity contribution in [2.45, 2.75) is 37.8 Å². The van der Waals surface area contributed by atoms with E-state index in [9.17, 15) is 4.79 Å². The molecule has 0 radical (unpaired) electrons. The lowest BCUT2D eigenvalue weighted by atomic mass is 9.89. The Bertz CT molecular complexity index is 1780. The normalized spacial score (nSPS) is 20.0. The molecule has 0 spiro atoms. The summed E-state index contributed by atoms with van der Waals surface area (Å²) in [4.78, 5) is 27.1. The molecule has 222 valence electrons. The first kappa shape index (κ1) is 27.3. The maximum Gasteiger partial charge on any atom is 0.255 e. The fraction of sp³-hybridized carbons (Fsp3) is 0.387. The van der Waals surface area contributed by atoms with Crippen LogP contribution in [0.25, 0.3) is 33.2 Å². The zero-order chi connectivity index (χ0) is 29.5. The predicted molar refractivity (Wildman–Crippen MR) is 164 cm³/mol. The first-order chi connectivity index (χ1) is 21.0. The molecule has 12 heteroatoms. The number of anilines is 2. The predicted octanol–water partition coefficient (Wildman–Crippen LogP) is 4.21. The van der Waals surface area contributed by atoms with E-state index < -0.39 is 0 Å². The van der Waals surface area contributed by atoms with Gasteiger partial charge < -0.3 is 25.3 Å². The van der Waals surface area contributed by atoms with Gasteiger partial charge in [-0.1, -0.05) is 6.07 Å². The highest BCUT2D eigenvalue weighted by molar-refractivity contribution is 6.07. The van der Waals surface area contributed by atoms with Crippen LogP contribution >= 0.6 is 0 Å². The van der Waals surface area contributed by atoms with Gasteiger partial charge in [-0.25, -0.2) is 14.6 Å². The van der Waals surface area contributed by atoms with Gasteiger partial charge in [-0.15, -0.1) is 0 Å². The standard InChI is InChI=1S/C31H35N9O3/c1-38-11-13-39(14-12-38)21-5-7-22(8-6-21)40-17-23(28-29(32)33-18-34-30(28)40)19-3-10-25(27(16-19)42-2)35-31(41)20-4-9-24-26(15-20)37-43-36-24/h3-4,9-10,15-18,21-22H,5-8,11-14H2,1-2H3,(H,35,41)(H2,32,33,34). The van der Waals surface area contributed by atoms with E-state index in [0.717, 1.165) is 61.2 Å². The molecule has 1 saturated carbocycles. The van der Waals surface area contributed by atoms with Crippen molar-refractivity contribution < 1.29 is 14.2 Å². The first-order valence-electron chi connectivity index (χ1n) is 14.7. The van der Waals surface area contributed by atoms with E-state index in [0.29, 0.717) is 45.9 Å². The quantitative estimate of drug-likeness (QED) is 0.300. The molecule has 7 rings (SSSR count). The summed E-state index contributed by atoms with van der Waals surface area (Å²) in [6.07, 6.45) is 8.23. The van der Waals surface area contributed by atoms with Gasteiger partial charge in [-0.05, 0) is 78.9 Å². The SMILES string of the molecule is COc1cc(-c2cn(C3CCC(N4CCN(C)CC4)CC3)c3ncnc(N)c23)ccc1NC(=O)c1ccc2nonc2c1. The molecule has 2 aliphatic rings. The molecule has 4 heterocycles. The molecule has 1 aliphatic heterocycles. The number of methoxy groups -OCH3 is 1. The van der Waals surface area contributed by atoms with Crippen molar-refractivity contribution in [3.05, 3.63) is 54.5 Å². The summed E-state index contributed by atoms with van der Waals surface area (Å²) in [6.45, 7) is 4.59. The molecule has 5 aromatic rings. The number of amides is 1. The number of carbonyl (C=O) groups excluding carboxylic acids is 1. The molecule has 12 nitrogen and oxygen atoms in total. The van der Waals surface area contributed by atoms with Gasteiger partial charge >= 0.3 is 0 Å². The minimum Gasteiger partial charge on any atom is -0.495 e. The number of aromatic nitrogens is 5. The number of benzene rings is 2. The van der Waals surface area contributed by atoms with Gasteiger partial charge in [0.05, 0.1) is 18.2 Å². The molecule has 0 bridgehead atoms. The summed E-state index contributed by atoms with van der Waals surface area (Å²) in [5.74, 6) is 0.676. The highest BCUT2D eigenvalue weighted by atomic mass is 16.6. The Balaban J connectivity index is 1.15. The summed E-state index contributed by atoms with van der Waals surface area (Å²) in [5, 5.41) is 11.4. The van der Waals surface area contributed by atoms with Crippen molar-refractivity contribution in [3.8, 4) is 16.9 Å². The number of rotatable bonds is 6. The summed E-state index contributed by atoms with van der Waals surface area (Å²) < 4.78 is 12.8. The van der Waals surface area contributed by atoms with Crippen molar-refractivity contribution in [1.82, 2.24) is 34.6 Å². The molecule has 0 unspecified atom stereocenters. The lowest BCUT2D eigenvalue weighted by Gasteiger charge is -2.41. The maximum absolute atomic E-state index is 13.1. The van der Waals surface area contributed by atoms with Gasteiger partial charge in [-0.3, -0.25) is 9.69 Å². The highest BCUT2D eigenvalue weighted by Gasteiger charge is 2.30. The molecule has 43 heavy (non-hydrogen) atoms. The van der Waals surface area contributed by atoms with Crippen molar-refractivity contribution in [2.75, 3.05) is 51.4 Å². The molecule has 0 atom stereocenters. The summed E-state index contributed by atoms with van der Waals surface area (Å²) >= 11 is 0. The number of carbonyl (C=O) groups is 1. The fourth-order valence-corrected chi connectivity index (χ4v) is 6.57. The van der Waals surface area contributed by atoms with Crippen LogP contribution in [-0.4, -0.2) is 86.9 Å². The molecule has 1 amide bonds. The molecule has 2 aromatic carbocycles. The number of fused-ring (bicyclic) bond motifs is 2. The average molecular weight is 582 g/mol. The van der Waals surface area contributed by atoms with E-state index in [1.165, 1.54) is 12.8 Å². The summed E-state index contributed by atoms with van der Waals surface area (Å²) in [5.41, 5.74) is 11.2. The number of hydrogen-bond acceptors (Lipinski definition) is 10. The van der Waals surface area contributed by atoms with Crippen molar-refractivity contribution in [2.24, 2.45) is 0 Å². The second-order valence-corrected chi connectivity index (χ2v) is 11.5. The van der Waals surface area contributed by atoms with Crippen molar-refractivity contribution in [3.63, 3.8) is 0 Å². The van der Waals surface area contributed by atoms with Gasteiger partial charge in [0, 0.05) is 55.6 Å². The number of nitrogen functional groups attached to an aromatic ring is 1. The van der Waals surface area contributed by atoms with Crippen LogP contribution in [0.15, 0.2) is 53.6 Å². The number of nitrogens with two attached hydrogens (primary N) is 1. The Hall–Kier alpha value is -4.55. The van der Waals surface area contributed by atoms with Gasteiger partial charge in [0.25, 0.3) is 5.91 Å². The van der Waals surface area contributed by atoms with Crippen LogP contribution in [0.5, 0.6) is 5.75 Å². The first-order valence-corrected chi connectivity index (χ1v) is 14.7. The van der Waals surface area contributed by atoms with E-state index in [-0.39, 0.29) is 5.91 Å². The van der Waals surface area contributed by atoms with Gasteiger partial charge in [0.1, 0.15) is 34.6 Å². The van der Waals surface area contributed by atoms with Gasteiger partial charge in [0.2, 0.25) is 0 Å². The Labute approximate surface area is 248 Å². The molecule has 1 aliphatic carbocycles. The number of hydrogen-bond donors (Lipinski definition) is 2. The highest BCUT2D eigenvalue weighted by Crippen LogP contribution is 2.40. The maximum atomic E-state index is 13.1. The van der Waals surface area contributed by atoms with Crippen LogP contribution in [0.2, 0.25) is 0 Å². The van der Waals surface area contributed by atoms with Crippen LogP contribution < -0.4 is 15.8 Å². The number of nitrogens with one attached hydrogen (secondary N) is 1. The molecule has 2 fully saturated rings. The second-order valence-electron chi connectivity index (χ2n) is 11.5. The Morgan fingerprint density at radius 1 is 0.977 bits per heavy atom. The van der Waals surface area contributed by atoms with Crippen LogP contribution in [0.3, 0.4) is 0 Å². The Morgan fingerprint density at radius 3 is 2.53 bits per heavy atom. The number of likely N-dealkylation sites (N-methyl/N-ethyl adjacent to an activating group) is 1. The topological polar surface area (TPSA) is 140 Å². The molecule has 3 aromatic heterocycles. The lowest BCUT2D eigenvalue weighted by Crippen LogP contribution is -2.49. The van der Waals surface area contributed by atoms with E-state index in [1.807, 2.05) is 18.2 Å². The van der Waals surface area contributed by atoms with Crippen LogP contribution in [-0.2, 0) is 0 Å². The monoisotopic (exact) mass is 581 g/mol. The van der Waals surface area contributed by atoms with E-state index >= 15 is 0 Å². The zero-order valence-corrected chi connectivity index (χ0v) is 24.4. The van der Waals surface area contributed by atoms with E-state index in [1.54, 1.807) is 31.6 Å². The number of piperazine rings is 1. The van der Waals surface area contributed by atoms with Gasteiger partial charge in [0.15, 0.2) is 0 Å².